The maximum absolute atomic E-state index is 9.84. The van der Waals surface area contributed by atoms with Gasteiger partial charge in [-0.15, -0.1) is 0 Å². The van der Waals surface area contributed by atoms with E-state index in [0.717, 1.165) is 27.0 Å². The number of nitrogens with one attached hydrogen (secondary N) is 1. The Kier molecular flexibility index (Phi) is 5.12. The van der Waals surface area contributed by atoms with Gasteiger partial charge >= 0.3 is 0 Å². The van der Waals surface area contributed by atoms with Crippen LogP contribution >= 0.6 is 15.9 Å². The number of ether oxygens (including phenoxy) is 1. The zero-order chi connectivity index (χ0) is 15.4. The van der Waals surface area contributed by atoms with Crippen molar-refractivity contribution in [3.8, 4) is 11.5 Å². The third-order valence-electron chi connectivity index (χ3n) is 3.08. The molecule has 2 N–H and O–H groups in total. The predicted molar refractivity (Wildman–Crippen MR) is 90.1 cm³/mol. The highest BCUT2D eigenvalue weighted by Crippen LogP contribution is 2.25. The van der Waals surface area contributed by atoms with E-state index in [-0.39, 0.29) is 6.10 Å². The van der Waals surface area contributed by atoms with Gasteiger partial charge in [0.1, 0.15) is 11.5 Å². The van der Waals surface area contributed by atoms with E-state index in [1.807, 2.05) is 51.1 Å². The second-order valence-electron chi connectivity index (χ2n) is 5.27. The van der Waals surface area contributed by atoms with Gasteiger partial charge in [0.25, 0.3) is 0 Å². The van der Waals surface area contributed by atoms with E-state index in [9.17, 15) is 5.11 Å². The van der Waals surface area contributed by atoms with E-state index in [1.165, 1.54) is 0 Å². The third-order valence-corrected chi connectivity index (χ3v) is 3.57. The first-order valence-electron chi connectivity index (χ1n) is 6.94. The molecule has 21 heavy (non-hydrogen) atoms. The molecule has 112 valence electrons. The molecule has 0 unspecified atom stereocenters. The van der Waals surface area contributed by atoms with Gasteiger partial charge in [-0.3, -0.25) is 0 Å². The number of phenols is 1. The molecule has 0 aromatic heterocycles. The minimum atomic E-state index is 0.168. The monoisotopic (exact) mass is 349 g/mol. The summed E-state index contributed by atoms with van der Waals surface area (Å²) in [6.07, 6.45) is 0.168. The van der Waals surface area contributed by atoms with Crippen LogP contribution in [-0.4, -0.2) is 11.2 Å². The van der Waals surface area contributed by atoms with Gasteiger partial charge in [-0.25, -0.2) is 0 Å². The predicted octanol–water partition coefficient (Wildman–Crippen LogP) is 4.86. The number of rotatable bonds is 5. The van der Waals surface area contributed by atoms with Crippen LogP contribution in [0.3, 0.4) is 0 Å². The van der Waals surface area contributed by atoms with Gasteiger partial charge < -0.3 is 15.2 Å². The molecule has 0 atom stereocenters. The van der Waals surface area contributed by atoms with Crippen molar-refractivity contribution in [1.82, 2.24) is 0 Å². The lowest BCUT2D eigenvalue weighted by atomic mass is 10.1. The maximum atomic E-state index is 9.84. The normalized spacial score (nSPS) is 10.7. The smallest absolute Gasteiger partial charge is 0.120 e. The summed E-state index contributed by atoms with van der Waals surface area (Å²) in [4.78, 5) is 0. The van der Waals surface area contributed by atoms with Crippen molar-refractivity contribution >= 4 is 21.6 Å². The molecule has 2 aromatic rings. The van der Waals surface area contributed by atoms with Gasteiger partial charge in [-0.1, -0.05) is 15.9 Å². The summed E-state index contributed by atoms with van der Waals surface area (Å²) in [5.74, 6) is 1.17. The Morgan fingerprint density at radius 3 is 2.62 bits per heavy atom. The molecule has 3 nitrogen and oxygen atoms in total. The summed E-state index contributed by atoms with van der Waals surface area (Å²) in [5.41, 5.74) is 3.00. The number of aryl methyl sites for hydroxylation is 1. The van der Waals surface area contributed by atoms with Crippen LogP contribution in [0.2, 0.25) is 0 Å². The van der Waals surface area contributed by atoms with Crippen molar-refractivity contribution in [2.45, 2.75) is 33.4 Å². The Balaban J connectivity index is 2.08. The average molecular weight is 350 g/mol. The molecule has 0 aliphatic rings. The van der Waals surface area contributed by atoms with Gasteiger partial charge in [-0.05, 0) is 62.7 Å². The summed E-state index contributed by atoms with van der Waals surface area (Å²) in [7, 11) is 0. The van der Waals surface area contributed by atoms with E-state index in [2.05, 4.69) is 21.2 Å². The molecule has 0 fully saturated rings. The average Bonchev–Trinajstić information content (AvgIpc) is 2.41. The molecule has 2 rings (SSSR count). The molecule has 0 amide bonds. The fourth-order valence-electron chi connectivity index (χ4n) is 2.07. The van der Waals surface area contributed by atoms with E-state index >= 15 is 0 Å². The lowest BCUT2D eigenvalue weighted by Crippen LogP contribution is -2.06. The first kappa shape index (κ1) is 15.7. The molecular formula is C17H20BrNO2. The molecule has 4 heteroatoms. The minimum Gasteiger partial charge on any atom is -0.508 e. The fraction of sp³-hybridized carbons (Fsp3) is 0.294. The number of hydrogen-bond donors (Lipinski definition) is 2. The first-order valence-corrected chi connectivity index (χ1v) is 7.73. The number of halogens is 1. The zero-order valence-electron chi connectivity index (χ0n) is 12.5. The molecule has 0 heterocycles. The molecule has 0 bridgehead atoms. The second-order valence-corrected chi connectivity index (χ2v) is 6.19. The Morgan fingerprint density at radius 2 is 1.95 bits per heavy atom. The molecule has 0 spiro atoms. The van der Waals surface area contributed by atoms with Gasteiger partial charge in [0, 0.05) is 22.3 Å². The molecule has 0 radical (unpaired) electrons. The van der Waals surface area contributed by atoms with Crippen LogP contribution in [0, 0.1) is 6.92 Å². The van der Waals surface area contributed by atoms with Crippen LogP contribution in [0.5, 0.6) is 11.5 Å². The fourth-order valence-corrected chi connectivity index (χ4v) is 2.47. The Hall–Kier alpha value is -1.68. The summed E-state index contributed by atoms with van der Waals surface area (Å²) in [5, 5.41) is 13.2. The van der Waals surface area contributed by atoms with Crippen LogP contribution in [0.15, 0.2) is 40.9 Å². The third kappa shape index (κ3) is 4.39. The molecule has 0 saturated heterocycles. The Morgan fingerprint density at radius 1 is 1.19 bits per heavy atom. The highest BCUT2D eigenvalue weighted by Gasteiger charge is 2.05. The van der Waals surface area contributed by atoms with E-state index in [0.29, 0.717) is 12.3 Å². The SMILES string of the molecule is Cc1cc(OC(C)C)ccc1NCc1cc(Br)ccc1O. The molecular weight excluding hydrogens is 330 g/mol. The van der Waals surface area contributed by atoms with Crippen molar-refractivity contribution in [2.75, 3.05) is 5.32 Å². The van der Waals surface area contributed by atoms with Gasteiger partial charge in [-0.2, -0.15) is 0 Å². The van der Waals surface area contributed by atoms with Gasteiger partial charge in [0.15, 0.2) is 0 Å². The summed E-state index contributed by atoms with van der Waals surface area (Å²) >= 11 is 3.41. The topological polar surface area (TPSA) is 41.5 Å². The summed E-state index contributed by atoms with van der Waals surface area (Å²) in [6.45, 7) is 6.63. The van der Waals surface area contributed by atoms with E-state index in [4.69, 9.17) is 4.74 Å². The number of anilines is 1. The lowest BCUT2D eigenvalue weighted by molar-refractivity contribution is 0.242. The molecule has 0 aliphatic heterocycles. The largest absolute Gasteiger partial charge is 0.508 e. The Bertz CT molecular complexity index is 626. The summed E-state index contributed by atoms with van der Waals surface area (Å²) < 4.78 is 6.63. The van der Waals surface area contributed by atoms with E-state index < -0.39 is 0 Å². The standard InChI is InChI=1S/C17H20BrNO2/c1-11(2)21-15-5-6-16(12(3)8-15)19-10-13-9-14(18)4-7-17(13)20/h4-9,11,19-20H,10H2,1-3H3. The highest BCUT2D eigenvalue weighted by molar-refractivity contribution is 9.10. The first-order chi connectivity index (χ1) is 9.95. The number of phenolic OH excluding ortho intramolecular Hbond substituents is 1. The zero-order valence-corrected chi connectivity index (χ0v) is 14.1. The lowest BCUT2D eigenvalue weighted by Gasteiger charge is -2.14. The van der Waals surface area contributed by atoms with E-state index in [1.54, 1.807) is 6.07 Å². The molecule has 0 saturated carbocycles. The maximum Gasteiger partial charge on any atom is 0.120 e. The highest BCUT2D eigenvalue weighted by atomic mass is 79.9. The minimum absolute atomic E-state index is 0.168. The van der Waals surface area contributed by atoms with Crippen LogP contribution in [0.25, 0.3) is 0 Å². The Labute approximate surface area is 134 Å². The number of benzene rings is 2. The van der Waals surface area contributed by atoms with Crippen LogP contribution in [0.4, 0.5) is 5.69 Å². The summed E-state index contributed by atoms with van der Waals surface area (Å²) in [6, 6.07) is 11.4. The van der Waals surface area contributed by atoms with Crippen LogP contribution < -0.4 is 10.1 Å². The molecule has 0 aliphatic carbocycles. The van der Waals surface area contributed by atoms with Crippen LogP contribution in [-0.2, 0) is 6.54 Å². The quantitative estimate of drug-likeness (QED) is 0.809. The molecule has 2 aromatic carbocycles. The van der Waals surface area contributed by atoms with Crippen molar-refractivity contribution in [2.24, 2.45) is 0 Å². The second kappa shape index (κ2) is 6.85. The van der Waals surface area contributed by atoms with Crippen molar-refractivity contribution in [3.63, 3.8) is 0 Å². The van der Waals surface area contributed by atoms with Crippen LogP contribution in [0.1, 0.15) is 25.0 Å². The van der Waals surface area contributed by atoms with Crippen molar-refractivity contribution in [1.29, 1.82) is 0 Å². The van der Waals surface area contributed by atoms with Gasteiger partial charge in [0.05, 0.1) is 6.10 Å². The van der Waals surface area contributed by atoms with Crippen molar-refractivity contribution in [3.05, 3.63) is 52.0 Å². The van der Waals surface area contributed by atoms with Gasteiger partial charge in [0.2, 0.25) is 0 Å². The van der Waals surface area contributed by atoms with Crippen molar-refractivity contribution < 1.29 is 9.84 Å². The number of hydrogen-bond acceptors (Lipinski definition) is 3. The number of aromatic hydroxyl groups is 1.